The molecule has 1 amide bonds. The molecule has 0 atom stereocenters. The lowest BCUT2D eigenvalue weighted by Gasteiger charge is -2.19. The van der Waals surface area contributed by atoms with Crippen molar-refractivity contribution in [2.45, 2.75) is 31.2 Å². The standard InChI is InChI=1S/C22H23N3O3S/c1-22(2,3)17-9-5-16(6-10-17)21(26)23-18-11-7-15(8-12-18)19-13-14-20(25-24-19)29(4,27)28/h5-14H,1-4H3,(H,23,26). The van der Waals surface area contributed by atoms with E-state index in [9.17, 15) is 13.2 Å². The van der Waals surface area contributed by atoms with Crippen molar-refractivity contribution in [3.63, 3.8) is 0 Å². The van der Waals surface area contributed by atoms with Crippen molar-refractivity contribution in [1.29, 1.82) is 0 Å². The highest BCUT2D eigenvalue weighted by Crippen LogP contribution is 2.23. The summed E-state index contributed by atoms with van der Waals surface area (Å²) in [5.41, 5.74) is 3.76. The molecule has 3 rings (SSSR count). The zero-order chi connectivity index (χ0) is 21.2. The minimum Gasteiger partial charge on any atom is -0.322 e. The number of hydrogen-bond acceptors (Lipinski definition) is 5. The average Bonchev–Trinajstić information content (AvgIpc) is 2.67. The van der Waals surface area contributed by atoms with Gasteiger partial charge in [-0.25, -0.2) is 8.42 Å². The predicted octanol–water partition coefficient (Wildman–Crippen LogP) is 4.10. The van der Waals surface area contributed by atoms with Crippen molar-refractivity contribution in [1.82, 2.24) is 10.2 Å². The van der Waals surface area contributed by atoms with Crippen molar-refractivity contribution in [3.05, 3.63) is 71.8 Å². The van der Waals surface area contributed by atoms with E-state index in [1.165, 1.54) is 11.6 Å². The Kier molecular flexibility index (Phi) is 5.53. The summed E-state index contributed by atoms with van der Waals surface area (Å²) in [5, 5.41) is 10.5. The summed E-state index contributed by atoms with van der Waals surface area (Å²) >= 11 is 0. The molecule has 1 N–H and O–H groups in total. The van der Waals surface area contributed by atoms with E-state index in [-0.39, 0.29) is 16.3 Å². The van der Waals surface area contributed by atoms with Gasteiger partial charge in [0.25, 0.3) is 5.91 Å². The van der Waals surface area contributed by atoms with Gasteiger partial charge in [-0.05, 0) is 47.4 Å². The fourth-order valence-corrected chi connectivity index (χ4v) is 3.23. The minimum atomic E-state index is -3.38. The summed E-state index contributed by atoms with van der Waals surface area (Å²) in [6.07, 6.45) is 1.09. The lowest BCUT2D eigenvalue weighted by atomic mass is 9.87. The molecule has 0 bridgehead atoms. The average molecular weight is 410 g/mol. The van der Waals surface area contributed by atoms with E-state index in [1.807, 2.05) is 24.3 Å². The molecule has 1 heterocycles. The van der Waals surface area contributed by atoms with Crippen LogP contribution in [-0.2, 0) is 15.3 Å². The Balaban J connectivity index is 1.71. The first-order valence-electron chi connectivity index (χ1n) is 9.10. The van der Waals surface area contributed by atoms with Crippen LogP contribution in [0.3, 0.4) is 0 Å². The monoisotopic (exact) mass is 409 g/mol. The minimum absolute atomic E-state index is 0.0350. The molecule has 0 spiro atoms. The molecule has 0 radical (unpaired) electrons. The molecular formula is C22H23N3O3S. The van der Waals surface area contributed by atoms with E-state index in [0.29, 0.717) is 16.9 Å². The second-order valence-electron chi connectivity index (χ2n) is 7.89. The lowest BCUT2D eigenvalue weighted by Crippen LogP contribution is -2.14. The van der Waals surface area contributed by atoms with Crippen molar-refractivity contribution in [2.75, 3.05) is 11.6 Å². The zero-order valence-corrected chi connectivity index (χ0v) is 17.6. The SMILES string of the molecule is CC(C)(C)c1ccc(C(=O)Nc2ccc(-c3ccc(S(C)(=O)=O)nn3)cc2)cc1. The van der Waals surface area contributed by atoms with Crippen molar-refractivity contribution >= 4 is 21.4 Å². The number of sulfone groups is 1. The van der Waals surface area contributed by atoms with Crippen LogP contribution in [0.4, 0.5) is 5.69 Å². The van der Waals surface area contributed by atoms with Gasteiger partial charge in [-0.15, -0.1) is 10.2 Å². The number of aromatic nitrogens is 2. The second kappa shape index (κ2) is 7.75. The Bertz CT molecular complexity index is 1110. The van der Waals surface area contributed by atoms with Gasteiger partial charge >= 0.3 is 0 Å². The van der Waals surface area contributed by atoms with Gasteiger partial charge in [-0.2, -0.15) is 0 Å². The summed E-state index contributed by atoms with van der Waals surface area (Å²) in [6.45, 7) is 6.38. The number of anilines is 1. The van der Waals surface area contributed by atoms with Gasteiger partial charge in [0.2, 0.25) is 0 Å². The topological polar surface area (TPSA) is 89.0 Å². The fraction of sp³-hybridized carbons (Fsp3) is 0.227. The van der Waals surface area contributed by atoms with E-state index < -0.39 is 9.84 Å². The lowest BCUT2D eigenvalue weighted by molar-refractivity contribution is 0.102. The number of nitrogens with zero attached hydrogens (tertiary/aromatic N) is 2. The fourth-order valence-electron chi connectivity index (χ4n) is 2.72. The maximum Gasteiger partial charge on any atom is 0.255 e. The summed E-state index contributed by atoms with van der Waals surface area (Å²) in [5.74, 6) is -0.185. The maximum atomic E-state index is 12.5. The number of nitrogens with one attached hydrogen (secondary N) is 1. The molecule has 6 nitrogen and oxygen atoms in total. The van der Waals surface area contributed by atoms with Gasteiger partial charge in [0.15, 0.2) is 14.9 Å². The van der Waals surface area contributed by atoms with Crippen LogP contribution < -0.4 is 5.32 Å². The molecule has 2 aromatic carbocycles. The molecule has 0 saturated heterocycles. The molecule has 29 heavy (non-hydrogen) atoms. The smallest absolute Gasteiger partial charge is 0.255 e. The summed E-state index contributed by atoms with van der Waals surface area (Å²) in [6, 6.07) is 17.7. The van der Waals surface area contributed by atoms with Crippen LogP contribution in [0.25, 0.3) is 11.3 Å². The number of rotatable bonds is 4. The van der Waals surface area contributed by atoms with Crippen LogP contribution in [0.1, 0.15) is 36.7 Å². The molecule has 3 aromatic rings. The third-order valence-electron chi connectivity index (χ3n) is 4.47. The first-order valence-corrected chi connectivity index (χ1v) is 11.0. The van der Waals surface area contributed by atoms with E-state index in [2.05, 4.69) is 36.3 Å². The van der Waals surface area contributed by atoms with Gasteiger partial charge < -0.3 is 5.32 Å². The molecule has 0 aliphatic heterocycles. The van der Waals surface area contributed by atoms with Crippen molar-refractivity contribution in [3.8, 4) is 11.3 Å². The second-order valence-corrected chi connectivity index (χ2v) is 9.85. The number of carbonyl (C=O) groups is 1. The normalized spacial score (nSPS) is 11.9. The van der Waals surface area contributed by atoms with Crippen LogP contribution in [0, 0.1) is 0 Å². The molecule has 7 heteroatoms. The van der Waals surface area contributed by atoms with Gasteiger partial charge in [0, 0.05) is 23.1 Å². The highest BCUT2D eigenvalue weighted by Gasteiger charge is 2.14. The van der Waals surface area contributed by atoms with Crippen LogP contribution in [-0.4, -0.2) is 30.8 Å². The van der Waals surface area contributed by atoms with Crippen LogP contribution in [0.15, 0.2) is 65.7 Å². The number of benzene rings is 2. The van der Waals surface area contributed by atoms with E-state index in [0.717, 1.165) is 11.8 Å². The van der Waals surface area contributed by atoms with Crippen molar-refractivity contribution in [2.24, 2.45) is 0 Å². The molecule has 0 aliphatic rings. The molecule has 0 aliphatic carbocycles. The Morgan fingerprint density at radius 1 is 0.862 bits per heavy atom. The molecule has 150 valence electrons. The molecule has 0 unspecified atom stereocenters. The number of hydrogen-bond donors (Lipinski definition) is 1. The van der Waals surface area contributed by atoms with Gasteiger partial charge in [-0.1, -0.05) is 45.0 Å². The van der Waals surface area contributed by atoms with Crippen LogP contribution in [0.5, 0.6) is 0 Å². The summed E-state index contributed by atoms with van der Waals surface area (Å²) in [4.78, 5) is 12.5. The van der Waals surface area contributed by atoms with Gasteiger partial charge in [-0.3, -0.25) is 4.79 Å². The van der Waals surface area contributed by atoms with Crippen LogP contribution >= 0.6 is 0 Å². The highest BCUT2D eigenvalue weighted by atomic mass is 32.2. The quantitative estimate of drug-likeness (QED) is 0.701. The van der Waals surface area contributed by atoms with Crippen LogP contribution in [0.2, 0.25) is 0 Å². The predicted molar refractivity (Wildman–Crippen MR) is 114 cm³/mol. The van der Waals surface area contributed by atoms with E-state index >= 15 is 0 Å². The van der Waals surface area contributed by atoms with E-state index in [4.69, 9.17) is 0 Å². The Morgan fingerprint density at radius 3 is 1.97 bits per heavy atom. The third kappa shape index (κ3) is 5.06. The summed E-state index contributed by atoms with van der Waals surface area (Å²) < 4.78 is 22.9. The Morgan fingerprint density at radius 2 is 1.48 bits per heavy atom. The number of carbonyl (C=O) groups excluding carboxylic acids is 1. The maximum absolute atomic E-state index is 12.5. The molecule has 0 saturated carbocycles. The molecular weight excluding hydrogens is 386 g/mol. The highest BCUT2D eigenvalue weighted by molar-refractivity contribution is 7.90. The van der Waals surface area contributed by atoms with Gasteiger partial charge in [0.1, 0.15) is 0 Å². The molecule has 0 fully saturated rings. The first kappa shape index (κ1) is 20.7. The summed E-state index contributed by atoms with van der Waals surface area (Å²) in [7, 11) is -3.38. The Hall–Kier alpha value is -3.06. The third-order valence-corrected chi connectivity index (χ3v) is 5.45. The zero-order valence-electron chi connectivity index (χ0n) is 16.8. The van der Waals surface area contributed by atoms with E-state index in [1.54, 1.807) is 30.3 Å². The van der Waals surface area contributed by atoms with Crippen molar-refractivity contribution < 1.29 is 13.2 Å². The Labute approximate surface area is 170 Å². The largest absolute Gasteiger partial charge is 0.322 e. The molecule has 1 aromatic heterocycles. The first-order chi connectivity index (χ1) is 13.5. The number of amides is 1. The van der Waals surface area contributed by atoms with Gasteiger partial charge in [0.05, 0.1) is 5.69 Å².